The van der Waals surface area contributed by atoms with Crippen molar-refractivity contribution in [3.8, 4) is 0 Å². The third-order valence-electron chi connectivity index (χ3n) is 3.87. The fraction of sp³-hybridized carbons (Fsp3) is 0.769. The van der Waals surface area contributed by atoms with Gasteiger partial charge in [0.25, 0.3) is 0 Å². The summed E-state index contributed by atoms with van der Waals surface area (Å²) in [6.45, 7) is 4.13. The molecule has 4 nitrogen and oxygen atoms in total. The summed E-state index contributed by atoms with van der Waals surface area (Å²) in [7, 11) is 0. The molecule has 4 heteroatoms. The summed E-state index contributed by atoms with van der Waals surface area (Å²) in [5.41, 5.74) is 1.15. The summed E-state index contributed by atoms with van der Waals surface area (Å²) < 4.78 is 1.91. The van der Waals surface area contributed by atoms with Gasteiger partial charge in [0, 0.05) is 24.7 Å². The molecule has 0 aliphatic heterocycles. The van der Waals surface area contributed by atoms with Crippen LogP contribution in [0.5, 0.6) is 0 Å². The third-order valence-corrected chi connectivity index (χ3v) is 3.87. The Balaban J connectivity index is 1.90. The number of nitrogens with one attached hydrogen (secondary N) is 1. The molecule has 0 bridgehead atoms. The summed E-state index contributed by atoms with van der Waals surface area (Å²) in [5.74, 6) is 0. The van der Waals surface area contributed by atoms with Crippen molar-refractivity contribution in [1.82, 2.24) is 9.78 Å². The Labute approximate surface area is 103 Å². The van der Waals surface area contributed by atoms with E-state index < -0.39 is 0 Å². The van der Waals surface area contributed by atoms with Gasteiger partial charge in [0.15, 0.2) is 0 Å². The highest BCUT2D eigenvalue weighted by Gasteiger charge is 2.31. The van der Waals surface area contributed by atoms with Crippen LogP contribution in [0.25, 0.3) is 0 Å². The lowest BCUT2D eigenvalue weighted by Gasteiger charge is -2.35. The van der Waals surface area contributed by atoms with Crippen LogP contribution in [0.3, 0.4) is 0 Å². The van der Waals surface area contributed by atoms with Gasteiger partial charge in [-0.3, -0.25) is 4.68 Å². The summed E-state index contributed by atoms with van der Waals surface area (Å²) >= 11 is 0. The smallest absolute Gasteiger partial charge is 0.0726 e. The van der Waals surface area contributed by atoms with Gasteiger partial charge >= 0.3 is 0 Å². The Morgan fingerprint density at radius 2 is 2.18 bits per heavy atom. The van der Waals surface area contributed by atoms with Gasteiger partial charge in [-0.15, -0.1) is 0 Å². The number of aliphatic hydroxyl groups is 1. The van der Waals surface area contributed by atoms with Gasteiger partial charge < -0.3 is 10.4 Å². The van der Waals surface area contributed by atoms with E-state index in [2.05, 4.69) is 17.3 Å². The molecule has 0 atom stereocenters. The van der Waals surface area contributed by atoms with Crippen LogP contribution in [0.4, 0.5) is 5.69 Å². The first kappa shape index (κ1) is 12.4. The van der Waals surface area contributed by atoms with Crippen molar-refractivity contribution in [3.05, 3.63) is 12.4 Å². The first-order chi connectivity index (χ1) is 8.28. The van der Waals surface area contributed by atoms with Crippen molar-refractivity contribution in [3.63, 3.8) is 0 Å². The molecule has 0 unspecified atom stereocenters. The predicted octanol–water partition coefficient (Wildman–Crippen LogP) is 2.26. The maximum Gasteiger partial charge on any atom is 0.0726 e. The van der Waals surface area contributed by atoms with Crippen LogP contribution in [0.1, 0.15) is 39.0 Å². The molecule has 1 heterocycles. The van der Waals surface area contributed by atoms with Crippen LogP contribution >= 0.6 is 0 Å². The second-order valence-corrected chi connectivity index (χ2v) is 5.16. The zero-order valence-electron chi connectivity index (χ0n) is 10.7. The van der Waals surface area contributed by atoms with E-state index >= 15 is 0 Å². The minimum absolute atomic E-state index is 0.0898. The summed E-state index contributed by atoms with van der Waals surface area (Å²) in [5, 5.41) is 17.3. The number of hydrogen-bond acceptors (Lipinski definition) is 3. The molecule has 2 rings (SSSR count). The lowest BCUT2D eigenvalue weighted by Crippen LogP contribution is -2.35. The number of rotatable bonds is 5. The van der Waals surface area contributed by atoms with Crippen molar-refractivity contribution < 1.29 is 5.11 Å². The third kappa shape index (κ3) is 3.00. The van der Waals surface area contributed by atoms with E-state index in [9.17, 15) is 5.11 Å². The molecule has 1 aromatic rings. The summed E-state index contributed by atoms with van der Waals surface area (Å²) in [6.07, 6.45) is 9.96. The largest absolute Gasteiger partial charge is 0.396 e. The van der Waals surface area contributed by atoms with Crippen molar-refractivity contribution in [2.75, 3.05) is 18.5 Å². The quantitative estimate of drug-likeness (QED) is 0.826. The Morgan fingerprint density at radius 1 is 1.41 bits per heavy atom. The minimum atomic E-state index is 0.0898. The van der Waals surface area contributed by atoms with Gasteiger partial charge in [0.1, 0.15) is 0 Å². The Morgan fingerprint density at radius 3 is 2.76 bits per heavy atom. The van der Waals surface area contributed by atoms with Gasteiger partial charge in [-0.05, 0) is 19.8 Å². The van der Waals surface area contributed by atoms with Crippen molar-refractivity contribution in [1.29, 1.82) is 0 Å². The molecule has 17 heavy (non-hydrogen) atoms. The monoisotopic (exact) mass is 237 g/mol. The topological polar surface area (TPSA) is 50.1 Å². The minimum Gasteiger partial charge on any atom is -0.396 e. The molecule has 0 saturated heterocycles. The molecule has 1 aliphatic carbocycles. The van der Waals surface area contributed by atoms with E-state index in [0.717, 1.165) is 31.6 Å². The first-order valence-corrected chi connectivity index (χ1v) is 6.65. The van der Waals surface area contributed by atoms with E-state index in [0.29, 0.717) is 6.61 Å². The Kier molecular flexibility index (Phi) is 4.05. The normalized spacial score (nSPS) is 19.2. The highest BCUT2D eigenvalue weighted by molar-refractivity contribution is 5.38. The zero-order chi connectivity index (χ0) is 12.1. The number of aromatic nitrogens is 2. The van der Waals surface area contributed by atoms with Crippen LogP contribution in [-0.2, 0) is 6.54 Å². The van der Waals surface area contributed by atoms with E-state index in [1.54, 1.807) is 0 Å². The molecule has 0 amide bonds. The van der Waals surface area contributed by atoms with Crippen LogP contribution in [0.15, 0.2) is 12.4 Å². The average Bonchev–Trinajstić information content (AvgIpc) is 2.85. The summed E-state index contributed by atoms with van der Waals surface area (Å²) in [4.78, 5) is 0. The van der Waals surface area contributed by atoms with Crippen LogP contribution in [-0.4, -0.2) is 28.0 Å². The standard InChI is InChI=1S/C13H23N3O/c1-2-16-9-12(8-15-16)14-10-13(11-17)6-4-3-5-7-13/h8-9,14,17H,2-7,10-11H2,1H3. The Bertz CT molecular complexity index is 342. The Hall–Kier alpha value is -1.03. The highest BCUT2D eigenvalue weighted by Crippen LogP contribution is 2.35. The maximum absolute atomic E-state index is 9.61. The fourth-order valence-electron chi connectivity index (χ4n) is 2.61. The van der Waals surface area contributed by atoms with Crippen LogP contribution < -0.4 is 5.32 Å². The molecule has 0 radical (unpaired) electrons. The molecular weight excluding hydrogens is 214 g/mol. The van der Waals surface area contributed by atoms with Gasteiger partial charge in [-0.2, -0.15) is 5.10 Å². The second-order valence-electron chi connectivity index (χ2n) is 5.16. The first-order valence-electron chi connectivity index (χ1n) is 6.65. The van der Waals surface area contributed by atoms with Crippen molar-refractivity contribution >= 4 is 5.69 Å². The molecule has 1 aliphatic rings. The van der Waals surface area contributed by atoms with Crippen LogP contribution in [0.2, 0.25) is 0 Å². The fourth-order valence-corrected chi connectivity index (χ4v) is 2.61. The summed E-state index contributed by atoms with van der Waals surface area (Å²) in [6, 6.07) is 0. The SMILES string of the molecule is CCn1cc(NCC2(CO)CCCCC2)cn1. The van der Waals surface area contributed by atoms with E-state index in [-0.39, 0.29) is 5.41 Å². The molecule has 0 spiro atoms. The number of anilines is 1. The molecule has 0 aromatic carbocycles. The van der Waals surface area contributed by atoms with Crippen molar-refractivity contribution in [2.45, 2.75) is 45.6 Å². The number of nitrogens with zero attached hydrogens (tertiary/aromatic N) is 2. The molecule has 1 aromatic heterocycles. The molecular formula is C13H23N3O. The van der Waals surface area contributed by atoms with Gasteiger partial charge in [0.2, 0.25) is 0 Å². The van der Waals surface area contributed by atoms with Gasteiger partial charge in [0.05, 0.1) is 18.5 Å². The number of aliphatic hydroxyl groups excluding tert-OH is 1. The number of aryl methyl sites for hydroxylation is 1. The molecule has 1 fully saturated rings. The average molecular weight is 237 g/mol. The van der Waals surface area contributed by atoms with E-state index in [1.807, 2.05) is 17.1 Å². The van der Waals surface area contributed by atoms with Crippen molar-refractivity contribution in [2.24, 2.45) is 5.41 Å². The molecule has 2 N–H and O–H groups in total. The lowest BCUT2D eigenvalue weighted by atomic mass is 9.74. The predicted molar refractivity (Wildman–Crippen MR) is 69.0 cm³/mol. The van der Waals surface area contributed by atoms with E-state index in [1.165, 1.54) is 19.3 Å². The van der Waals surface area contributed by atoms with Gasteiger partial charge in [-0.1, -0.05) is 19.3 Å². The molecule has 1 saturated carbocycles. The second kappa shape index (κ2) is 5.54. The molecule has 96 valence electrons. The van der Waals surface area contributed by atoms with E-state index in [4.69, 9.17) is 0 Å². The lowest BCUT2D eigenvalue weighted by molar-refractivity contribution is 0.0944. The zero-order valence-corrected chi connectivity index (χ0v) is 10.7. The van der Waals surface area contributed by atoms with Gasteiger partial charge in [-0.25, -0.2) is 0 Å². The highest BCUT2D eigenvalue weighted by atomic mass is 16.3. The van der Waals surface area contributed by atoms with Crippen LogP contribution in [0, 0.1) is 5.41 Å². The maximum atomic E-state index is 9.61. The number of hydrogen-bond donors (Lipinski definition) is 2.